The van der Waals surface area contributed by atoms with Gasteiger partial charge in [0.15, 0.2) is 11.5 Å². The molecule has 4 aromatic rings. The van der Waals surface area contributed by atoms with E-state index in [2.05, 4.69) is 5.16 Å². The Hall–Kier alpha value is -3.87. The minimum atomic E-state index is -0.147. The van der Waals surface area contributed by atoms with E-state index in [0.29, 0.717) is 48.8 Å². The molecule has 3 heterocycles. The molecule has 7 nitrogen and oxygen atoms in total. The van der Waals surface area contributed by atoms with E-state index < -0.39 is 0 Å². The third kappa shape index (κ3) is 3.59. The van der Waals surface area contributed by atoms with Crippen LogP contribution in [0, 0.1) is 6.92 Å². The van der Waals surface area contributed by atoms with Gasteiger partial charge in [-0.1, -0.05) is 35.0 Å². The Kier molecular flexibility index (Phi) is 4.78. The zero-order valence-electron chi connectivity index (χ0n) is 17.1. The van der Waals surface area contributed by atoms with E-state index in [1.165, 1.54) is 6.26 Å². The van der Waals surface area contributed by atoms with E-state index in [1.807, 2.05) is 37.3 Å². The van der Waals surface area contributed by atoms with Gasteiger partial charge in [0.1, 0.15) is 5.52 Å². The smallest absolute Gasteiger partial charge is 0.289 e. The highest BCUT2D eigenvalue weighted by atomic mass is 16.5. The van der Waals surface area contributed by atoms with Crippen LogP contribution in [-0.2, 0) is 0 Å². The molecule has 0 saturated carbocycles. The van der Waals surface area contributed by atoms with Crippen molar-refractivity contribution in [1.82, 2.24) is 15.0 Å². The minimum absolute atomic E-state index is 0.0666. The highest BCUT2D eigenvalue weighted by Crippen LogP contribution is 2.30. The number of furan rings is 1. The first kappa shape index (κ1) is 19.1. The number of aromatic nitrogens is 1. The molecule has 0 N–H and O–H groups in total. The van der Waals surface area contributed by atoms with Crippen LogP contribution in [0.5, 0.6) is 0 Å². The van der Waals surface area contributed by atoms with Gasteiger partial charge >= 0.3 is 0 Å². The third-order valence-corrected chi connectivity index (χ3v) is 5.62. The number of fused-ring (bicyclic) bond motifs is 1. The molecule has 0 atom stereocenters. The fourth-order valence-electron chi connectivity index (χ4n) is 3.84. The van der Waals surface area contributed by atoms with Gasteiger partial charge in [-0.2, -0.15) is 0 Å². The average Bonchev–Trinajstić information content (AvgIpc) is 3.49. The molecule has 1 fully saturated rings. The van der Waals surface area contributed by atoms with E-state index in [1.54, 1.807) is 34.1 Å². The van der Waals surface area contributed by atoms with Crippen molar-refractivity contribution in [2.24, 2.45) is 0 Å². The van der Waals surface area contributed by atoms with Crippen LogP contribution in [0.25, 0.3) is 22.2 Å². The Morgan fingerprint density at radius 2 is 1.61 bits per heavy atom. The first-order chi connectivity index (χ1) is 15.1. The molecule has 2 amide bonds. The van der Waals surface area contributed by atoms with Crippen LogP contribution in [0.4, 0.5) is 0 Å². The first-order valence-electron chi connectivity index (χ1n) is 10.2. The highest BCUT2D eigenvalue weighted by Gasteiger charge is 2.27. The first-order valence-corrected chi connectivity index (χ1v) is 10.2. The van der Waals surface area contributed by atoms with Gasteiger partial charge in [-0.15, -0.1) is 0 Å². The van der Waals surface area contributed by atoms with Crippen molar-refractivity contribution in [1.29, 1.82) is 0 Å². The standard InChI is InChI=1S/C24H21N3O4/c1-16-4-6-17(7-5-16)22-19-15-18(8-9-20(19)25-31-22)23(28)26-10-12-27(13-11-26)24(29)21-3-2-14-30-21/h2-9,14-15H,10-13H2,1H3. The van der Waals surface area contributed by atoms with Crippen molar-refractivity contribution in [3.05, 3.63) is 77.7 Å². The van der Waals surface area contributed by atoms with Crippen LogP contribution >= 0.6 is 0 Å². The van der Waals surface area contributed by atoms with Gasteiger partial charge in [0.05, 0.1) is 11.6 Å². The Labute approximate surface area is 178 Å². The van der Waals surface area contributed by atoms with Gasteiger partial charge in [-0.3, -0.25) is 9.59 Å². The number of hydrogen-bond donors (Lipinski definition) is 0. The van der Waals surface area contributed by atoms with E-state index in [9.17, 15) is 9.59 Å². The zero-order chi connectivity index (χ0) is 21.4. The number of amides is 2. The van der Waals surface area contributed by atoms with Gasteiger partial charge in [0, 0.05) is 37.3 Å². The van der Waals surface area contributed by atoms with E-state index in [4.69, 9.17) is 8.94 Å². The van der Waals surface area contributed by atoms with Gasteiger partial charge in [-0.25, -0.2) is 0 Å². The molecular formula is C24H21N3O4. The molecule has 0 spiro atoms. The summed E-state index contributed by atoms with van der Waals surface area (Å²) in [4.78, 5) is 29.0. The third-order valence-electron chi connectivity index (χ3n) is 5.62. The normalized spacial score (nSPS) is 14.2. The van der Waals surface area contributed by atoms with Gasteiger partial charge < -0.3 is 18.7 Å². The molecule has 1 saturated heterocycles. The van der Waals surface area contributed by atoms with Crippen LogP contribution in [-0.4, -0.2) is 52.9 Å². The molecule has 5 rings (SSSR count). The topological polar surface area (TPSA) is 79.8 Å². The summed E-state index contributed by atoms with van der Waals surface area (Å²) in [5.74, 6) is 0.758. The van der Waals surface area contributed by atoms with Crippen LogP contribution in [0.2, 0.25) is 0 Å². The van der Waals surface area contributed by atoms with Crippen molar-refractivity contribution in [2.45, 2.75) is 6.92 Å². The summed E-state index contributed by atoms with van der Waals surface area (Å²) in [5, 5.41) is 4.94. The second kappa shape index (κ2) is 7.75. The average molecular weight is 415 g/mol. The van der Waals surface area contributed by atoms with Gasteiger partial charge in [-0.05, 0) is 37.3 Å². The predicted molar refractivity (Wildman–Crippen MR) is 115 cm³/mol. The second-order valence-corrected chi connectivity index (χ2v) is 7.67. The van der Waals surface area contributed by atoms with Gasteiger partial charge in [0.25, 0.3) is 11.8 Å². The summed E-state index contributed by atoms with van der Waals surface area (Å²) in [6.07, 6.45) is 1.48. The number of benzene rings is 2. The largest absolute Gasteiger partial charge is 0.459 e. The number of rotatable bonds is 3. The molecule has 2 aromatic carbocycles. The number of hydrogen-bond acceptors (Lipinski definition) is 5. The van der Waals surface area contributed by atoms with E-state index >= 15 is 0 Å². The fraction of sp³-hybridized carbons (Fsp3) is 0.208. The Morgan fingerprint density at radius 3 is 2.29 bits per heavy atom. The molecule has 1 aliphatic rings. The monoisotopic (exact) mass is 415 g/mol. The lowest BCUT2D eigenvalue weighted by molar-refractivity contribution is 0.0518. The van der Waals surface area contributed by atoms with Crippen LogP contribution in [0.15, 0.2) is 69.8 Å². The maximum atomic E-state index is 13.1. The second-order valence-electron chi connectivity index (χ2n) is 7.67. The molecule has 2 aromatic heterocycles. The summed E-state index contributed by atoms with van der Waals surface area (Å²) in [5.41, 5.74) is 3.37. The lowest BCUT2D eigenvalue weighted by Gasteiger charge is -2.34. The highest BCUT2D eigenvalue weighted by molar-refractivity contribution is 6.01. The Balaban J connectivity index is 1.34. The minimum Gasteiger partial charge on any atom is -0.459 e. The number of aryl methyl sites for hydroxylation is 1. The summed E-state index contributed by atoms with van der Waals surface area (Å²) in [6.45, 7) is 3.90. The predicted octanol–water partition coefficient (Wildman–Crippen LogP) is 3.99. The van der Waals surface area contributed by atoms with E-state index in [0.717, 1.165) is 16.5 Å². The molecule has 0 bridgehead atoms. The quantitative estimate of drug-likeness (QED) is 0.505. The molecule has 156 valence electrons. The number of carbonyl (C=O) groups excluding carboxylic acids is 2. The van der Waals surface area contributed by atoms with Crippen molar-refractivity contribution in [3.63, 3.8) is 0 Å². The van der Waals surface area contributed by atoms with Crippen molar-refractivity contribution < 1.29 is 18.5 Å². The summed E-state index contributed by atoms with van der Waals surface area (Å²) in [6, 6.07) is 16.8. The SMILES string of the molecule is Cc1ccc(-c2onc3ccc(C(=O)N4CCN(C(=O)c5ccco5)CC4)cc23)cc1. The lowest BCUT2D eigenvalue weighted by atomic mass is 10.0. The van der Waals surface area contributed by atoms with Crippen molar-refractivity contribution >= 4 is 22.7 Å². The molecule has 0 unspecified atom stereocenters. The zero-order valence-corrected chi connectivity index (χ0v) is 17.1. The summed E-state index contributed by atoms with van der Waals surface area (Å²) < 4.78 is 10.8. The molecule has 31 heavy (non-hydrogen) atoms. The number of carbonyl (C=O) groups is 2. The van der Waals surface area contributed by atoms with E-state index in [-0.39, 0.29) is 11.8 Å². The maximum Gasteiger partial charge on any atom is 0.289 e. The Bertz CT molecular complexity index is 1230. The molecule has 0 radical (unpaired) electrons. The molecule has 7 heteroatoms. The Morgan fingerprint density at radius 1 is 0.903 bits per heavy atom. The van der Waals surface area contributed by atoms with Crippen LogP contribution in [0.1, 0.15) is 26.5 Å². The fourth-order valence-corrected chi connectivity index (χ4v) is 3.84. The van der Waals surface area contributed by atoms with Gasteiger partial charge in [0.2, 0.25) is 0 Å². The maximum absolute atomic E-state index is 13.1. The van der Waals surface area contributed by atoms with Crippen molar-refractivity contribution in [3.8, 4) is 11.3 Å². The summed E-state index contributed by atoms with van der Waals surface area (Å²) >= 11 is 0. The summed E-state index contributed by atoms with van der Waals surface area (Å²) in [7, 11) is 0. The molecule has 1 aliphatic heterocycles. The molecular weight excluding hydrogens is 394 g/mol. The number of piperazine rings is 1. The van der Waals surface area contributed by atoms with Crippen LogP contribution in [0.3, 0.4) is 0 Å². The van der Waals surface area contributed by atoms with Crippen molar-refractivity contribution in [2.75, 3.05) is 26.2 Å². The lowest BCUT2D eigenvalue weighted by Crippen LogP contribution is -2.50. The molecule has 0 aliphatic carbocycles. The van der Waals surface area contributed by atoms with Crippen LogP contribution < -0.4 is 0 Å². The number of nitrogens with zero attached hydrogens (tertiary/aromatic N) is 3.